The number of likely N-dealkylation sites (tertiary alicyclic amines) is 1. The highest BCUT2D eigenvalue weighted by molar-refractivity contribution is 7.99. The first kappa shape index (κ1) is 15.1. The largest absolute Gasteiger partial charge is 0.444 e. The highest BCUT2D eigenvalue weighted by Gasteiger charge is 2.29. The fraction of sp³-hybridized carbons (Fsp3) is 0.643. The number of nitrogens with zero attached hydrogens (tertiary/aromatic N) is 3. The van der Waals surface area contributed by atoms with Crippen LogP contribution in [-0.4, -0.2) is 45.4 Å². The first-order valence-corrected chi connectivity index (χ1v) is 7.80. The van der Waals surface area contributed by atoms with Gasteiger partial charge in [-0.25, -0.2) is 14.8 Å². The molecular formula is C14H21N3O2S. The lowest BCUT2D eigenvalue weighted by atomic mass is 10.2. The van der Waals surface area contributed by atoms with Crippen molar-refractivity contribution in [2.75, 3.05) is 18.8 Å². The Labute approximate surface area is 124 Å². The van der Waals surface area contributed by atoms with Gasteiger partial charge in [-0.3, -0.25) is 0 Å². The maximum Gasteiger partial charge on any atom is 0.410 e. The van der Waals surface area contributed by atoms with Crippen LogP contribution >= 0.6 is 11.8 Å². The van der Waals surface area contributed by atoms with E-state index in [0.29, 0.717) is 5.92 Å². The number of aromatic nitrogens is 2. The van der Waals surface area contributed by atoms with Gasteiger partial charge >= 0.3 is 6.09 Å². The van der Waals surface area contributed by atoms with Gasteiger partial charge in [0.25, 0.3) is 0 Å². The first-order chi connectivity index (χ1) is 9.44. The van der Waals surface area contributed by atoms with Gasteiger partial charge in [-0.15, -0.1) is 0 Å². The van der Waals surface area contributed by atoms with Crippen molar-refractivity contribution < 1.29 is 9.53 Å². The van der Waals surface area contributed by atoms with Gasteiger partial charge in [-0.2, -0.15) is 0 Å². The smallest absolute Gasteiger partial charge is 0.410 e. The normalized spacial score (nSPS) is 19.1. The van der Waals surface area contributed by atoms with Gasteiger partial charge in [0.1, 0.15) is 5.60 Å². The van der Waals surface area contributed by atoms with E-state index in [1.54, 1.807) is 29.1 Å². The molecule has 1 aliphatic heterocycles. The summed E-state index contributed by atoms with van der Waals surface area (Å²) in [6, 6.07) is 1.81. The van der Waals surface area contributed by atoms with E-state index in [-0.39, 0.29) is 6.09 Å². The lowest BCUT2D eigenvalue weighted by Crippen LogP contribution is -2.35. The van der Waals surface area contributed by atoms with Gasteiger partial charge in [-0.1, -0.05) is 11.8 Å². The molecule has 1 amide bonds. The number of hydrogen-bond acceptors (Lipinski definition) is 5. The average molecular weight is 295 g/mol. The van der Waals surface area contributed by atoms with E-state index in [1.165, 1.54) is 0 Å². The summed E-state index contributed by atoms with van der Waals surface area (Å²) in [5.41, 5.74) is -0.429. The van der Waals surface area contributed by atoms with Crippen LogP contribution in [0.4, 0.5) is 4.79 Å². The molecule has 0 saturated carbocycles. The van der Waals surface area contributed by atoms with E-state index in [0.717, 1.165) is 30.4 Å². The van der Waals surface area contributed by atoms with E-state index in [1.807, 2.05) is 26.8 Å². The highest BCUT2D eigenvalue weighted by atomic mass is 32.2. The molecule has 1 fully saturated rings. The Bertz CT molecular complexity index is 447. The lowest BCUT2D eigenvalue weighted by Gasteiger charge is -2.24. The zero-order valence-corrected chi connectivity index (χ0v) is 13.0. The average Bonchev–Trinajstić information content (AvgIpc) is 2.84. The van der Waals surface area contributed by atoms with Gasteiger partial charge in [0.05, 0.1) is 0 Å². The van der Waals surface area contributed by atoms with Crippen LogP contribution in [0, 0.1) is 5.92 Å². The fourth-order valence-corrected chi connectivity index (χ4v) is 2.94. The maximum absolute atomic E-state index is 12.0. The number of carbonyl (C=O) groups excluding carboxylic acids is 1. The highest BCUT2D eigenvalue weighted by Crippen LogP contribution is 2.24. The second kappa shape index (κ2) is 6.43. The summed E-state index contributed by atoms with van der Waals surface area (Å²) in [4.78, 5) is 22.1. The molecule has 1 atom stereocenters. The number of amides is 1. The molecule has 1 aliphatic rings. The van der Waals surface area contributed by atoms with E-state index in [2.05, 4.69) is 9.97 Å². The van der Waals surface area contributed by atoms with Crippen molar-refractivity contribution in [2.24, 2.45) is 5.92 Å². The van der Waals surface area contributed by atoms with E-state index in [4.69, 9.17) is 4.74 Å². The van der Waals surface area contributed by atoms with Gasteiger partial charge < -0.3 is 9.64 Å². The lowest BCUT2D eigenvalue weighted by molar-refractivity contribution is 0.0289. The van der Waals surface area contributed by atoms with Crippen molar-refractivity contribution in [1.29, 1.82) is 0 Å². The second-order valence-corrected chi connectivity index (χ2v) is 6.91. The molecule has 1 aromatic rings. The summed E-state index contributed by atoms with van der Waals surface area (Å²) >= 11 is 1.64. The topological polar surface area (TPSA) is 55.3 Å². The minimum atomic E-state index is -0.429. The van der Waals surface area contributed by atoms with Gasteiger partial charge in [0.15, 0.2) is 5.16 Å². The van der Waals surface area contributed by atoms with Crippen LogP contribution in [0.3, 0.4) is 0 Å². The Morgan fingerprint density at radius 2 is 2.15 bits per heavy atom. The summed E-state index contributed by atoms with van der Waals surface area (Å²) < 4.78 is 5.39. The number of hydrogen-bond donors (Lipinski definition) is 0. The molecule has 20 heavy (non-hydrogen) atoms. The zero-order valence-electron chi connectivity index (χ0n) is 12.2. The molecule has 0 spiro atoms. The fourth-order valence-electron chi connectivity index (χ4n) is 2.01. The predicted octanol–water partition coefficient (Wildman–Crippen LogP) is 2.83. The molecule has 5 nitrogen and oxygen atoms in total. The third-order valence-corrected chi connectivity index (χ3v) is 4.03. The van der Waals surface area contributed by atoms with Crippen LogP contribution in [0.25, 0.3) is 0 Å². The Balaban J connectivity index is 1.76. The van der Waals surface area contributed by atoms with E-state index < -0.39 is 5.60 Å². The Hall–Kier alpha value is -1.30. The summed E-state index contributed by atoms with van der Waals surface area (Å²) in [5, 5.41) is 0.795. The van der Waals surface area contributed by atoms with Crippen LogP contribution in [0.1, 0.15) is 27.2 Å². The summed E-state index contributed by atoms with van der Waals surface area (Å²) in [5.74, 6) is 1.42. The third-order valence-electron chi connectivity index (χ3n) is 2.93. The minimum absolute atomic E-state index is 0.207. The monoisotopic (exact) mass is 295 g/mol. The van der Waals surface area contributed by atoms with Gasteiger partial charge in [-0.05, 0) is 39.2 Å². The van der Waals surface area contributed by atoms with Crippen LogP contribution in [-0.2, 0) is 4.74 Å². The van der Waals surface area contributed by atoms with Crippen molar-refractivity contribution in [3.05, 3.63) is 18.5 Å². The number of carbonyl (C=O) groups is 1. The number of ether oxygens (including phenoxy) is 1. The Kier molecular flexibility index (Phi) is 4.86. The van der Waals surface area contributed by atoms with Crippen LogP contribution in [0.2, 0.25) is 0 Å². The second-order valence-electron chi connectivity index (χ2n) is 5.92. The van der Waals surface area contributed by atoms with Crippen molar-refractivity contribution in [3.63, 3.8) is 0 Å². The van der Waals surface area contributed by atoms with Crippen LogP contribution in [0.5, 0.6) is 0 Å². The molecule has 1 aromatic heterocycles. The Morgan fingerprint density at radius 3 is 2.80 bits per heavy atom. The Morgan fingerprint density at radius 1 is 1.45 bits per heavy atom. The molecule has 0 N–H and O–H groups in total. The number of rotatable bonds is 3. The molecule has 0 unspecified atom stereocenters. The third kappa shape index (κ3) is 4.67. The van der Waals surface area contributed by atoms with Crippen molar-refractivity contribution in [2.45, 2.75) is 37.9 Å². The first-order valence-electron chi connectivity index (χ1n) is 6.82. The maximum atomic E-state index is 12.0. The SMILES string of the molecule is CC(C)(C)OC(=O)N1CC[C@@H](CSc2ncccn2)C1. The summed E-state index contributed by atoms with van der Waals surface area (Å²) in [7, 11) is 0. The molecule has 0 aromatic carbocycles. The van der Waals surface area contributed by atoms with Crippen molar-refractivity contribution in [3.8, 4) is 0 Å². The molecule has 0 bridgehead atoms. The molecule has 0 aliphatic carbocycles. The zero-order chi connectivity index (χ0) is 14.6. The summed E-state index contributed by atoms with van der Waals surface area (Å²) in [6.45, 7) is 7.20. The summed E-state index contributed by atoms with van der Waals surface area (Å²) in [6.07, 6.45) is 4.30. The quantitative estimate of drug-likeness (QED) is 0.634. The molecule has 110 valence electrons. The minimum Gasteiger partial charge on any atom is -0.444 e. The predicted molar refractivity (Wildman–Crippen MR) is 78.7 cm³/mol. The van der Waals surface area contributed by atoms with Crippen LogP contribution in [0.15, 0.2) is 23.6 Å². The molecule has 1 saturated heterocycles. The molecule has 2 rings (SSSR count). The van der Waals surface area contributed by atoms with E-state index >= 15 is 0 Å². The molecular weight excluding hydrogens is 274 g/mol. The van der Waals surface area contributed by atoms with E-state index in [9.17, 15) is 4.79 Å². The molecule has 0 radical (unpaired) electrons. The molecule has 2 heterocycles. The number of thioether (sulfide) groups is 1. The van der Waals surface area contributed by atoms with Gasteiger partial charge in [0, 0.05) is 31.2 Å². The van der Waals surface area contributed by atoms with Crippen molar-refractivity contribution in [1.82, 2.24) is 14.9 Å². The van der Waals surface area contributed by atoms with Crippen LogP contribution < -0.4 is 0 Å². The van der Waals surface area contributed by atoms with Gasteiger partial charge in [0.2, 0.25) is 0 Å². The molecule has 6 heteroatoms. The van der Waals surface area contributed by atoms with Crippen molar-refractivity contribution >= 4 is 17.9 Å². The standard InChI is InChI=1S/C14H21N3O2S/c1-14(2,3)19-13(18)17-8-5-11(9-17)10-20-12-15-6-4-7-16-12/h4,6-7,11H,5,8-10H2,1-3H3/t11-/m1/s1.